The van der Waals surface area contributed by atoms with E-state index in [4.69, 9.17) is 0 Å². The van der Waals surface area contributed by atoms with Crippen molar-refractivity contribution in [1.82, 2.24) is 9.55 Å². The van der Waals surface area contributed by atoms with Gasteiger partial charge in [0.2, 0.25) is 0 Å². The Morgan fingerprint density at radius 3 is 2.61 bits per heavy atom. The van der Waals surface area contributed by atoms with Gasteiger partial charge in [0.1, 0.15) is 17.3 Å². The van der Waals surface area contributed by atoms with Crippen molar-refractivity contribution in [2.45, 2.75) is 13.0 Å². The number of rotatable bonds is 5. The number of nitrogens with one attached hydrogen (secondary N) is 1. The third-order valence-corrected chi connectivity index (χ3v) is 2.92. The van der Waals surface area contributed by atoms with E-state index in [9.17, 15) is 8.78 Å². The molecule has 0 aliphatic heterocycles. The monoisotopic (exact) mass is 315 g/mol. The first-order valence-electron chi connectivity index (χ1n) is 5.51. The topological polar surface area (TPSA) is 29.9 Å². The molecule has 0 radical (unpaired) electrons. The Bertz CT molecular complexity index is 491. The zero-order chi connectivity index (χ0) is 13.0. The summed E-state index contributed by atoms with van der Waals surface area (Å²) in [4.78, 5) is 3.91. The predicted molar refractivity (Wildman–Crippen MR) is 69.4 cm³/mol. The maximum atomic E-state index is 13.5. The van der Waals surface area contributed by atoms with Gasteiger partial charge in [-0.3, -0.25) is 0 Å². The molecule has 0 unspecified atom stereocenters. The van der Waals surface area contributed by atoms with E-state index in [0.717, 1.165) is 13.0 Å². The summed E-state index contributed by atoms with van der Waals surface area (Å²) in [5.74, 6) is -1.19. The van der Waals surface area contributed by atoms with Gasteiger partial charge in [0.25, 0.3) is 0 Å². The van der Waals surface area contributed by atoms with Crippen LogP contribution in [0.4, 0.5) is 14.5 Å². The molecule has 1 aromatic heterocycles. The molecular weight excluding hydrogens is 304 g/mol. The van der Waals surface area contributed by atoms with E-state index in [1.54, 1.807) is 12.5 Å². The largest absolute Gasteiger partial charge is 0.380 e. The number of hydrogen-bond donors (Lipinski definition) is 1. The first-order valence-corrected chi connectivity index (χ1v) is 6.30. The maximum Gasteiger partial charge on any atom is 0.150 e. The molecule has 0 saturated heterocycles. The molecule has 0 bridgehead atoms. The van der Waals surface area contributed by atoms with E-state index in [-0.39, 0.29) is 5.69 Å². The van der Waals surface area contributed by atoms with Crippen molar-refractivity contribution in [3.63, 3.8) is 0 Å². The van der Waals surface area contributed by atoms with Gasteiger partial charge in [-0.05, 0) is 18.6 Å². The van der Waals surface area contributed by atoms with E-state index < -0.39 is 11.6 Å². The molecule has 0 aliphatic carbocycles. The second-order valence-corrected chi connectivity index (χ2v) is 4.74. The minimum atomic E-state index is -0.593. The molecule has 0 atom stereocenters. The summed E-state index contributed by atoms with van der Waals surface area (Å²) in [6.07, 6.45) is 6.01. The van der Waals surface area contributed by atoms with Gasteiger partial charge in [0.05, 0.1) is 6.33 Å². The van der Waals surface area contributed by atoms with Crippen LogP contribution in [0.25, 0.3) is 0 Å². The number of anilines is 1. The Hall–Kier alpha value is -1.43. The van der Waals surface area contributed by atoms with Crippen LogP contribution in [-0.4, -0.2) is 16.1 Å². The number of nitrogens with zero attached hydrogens (tertiary/aromatic N) is 2. The molecule has 3 nitrogen and oxygen atoms in total. The fourth-order valence-electron chi connectivity index (χ4n) is 1.61. The molecular formula is C12H12BrF2N3. The lowest BCUT2D eigenvalue weighted by Crippen LogP contribution is -2.08. The number of benzene rings is 1. The summed E-state index contributed by atoms with van der Waals surface area (Å²) >= 11 is 3.04. The molecule has 1 N–H and O–H groups in total. The van der Waals surface area contributed by atoms with E-state index in [0.29, 0.717) is 11.0 Å². The van der Waals surface area contributed by atoms with Gasteiger partial charge in [0, 0.05) is 30.0 Å². The summed E-state index contributed by atoms with van der Waals surface area (Å²) in [5.41, 5.74) is -0.0798. The zero-order valence-electron chi connectivity index (χ0n) is 9.54. The van der Waals surface area contributed by atoms with Gasteiger partial charge in [-0.1, -0.05) is 15.9 Å². The van der Waals surface area contributed by atoms with E-state index in [1.165, 1.54) is 12.1 Å². The fraction of sp³-hybridized carbons (Fsp3) is 0.250. The number of halogens is 3. The van der Waals surface area contributed by atoms with Crippen LogP contribution < -0.4 is 5.32 Å². The van der Waals surface area contributed by atoms with Gasteiger partial charge in [-0.25, -0.2) is 13.8 Å². The number of hydrogen-bond acceptors (Lipinski definition) is 2. The SMILES string of the molecule is Fc1cc(Br)cc(F)c1NCCCn1ccnc1. The Morgan fingerprint density at radius 2 is 2.00 bits per heavy atom. The van der Waals surface area contributed by atoms with E-state index in [1.807, 2.05) is 10.8 Å². The number of aromatic nitrogens is 2. The standard InChI is InChI=1S/C12H12BrF2N3/c13-9-6-10(14)12(11(15)7-9)17-2-1-4-18-5-3-16-8-18/h3,5-8,17H,1-2,4H2. The fourth-order valence-corrected chi connectivity index (χ4v) is 2.01. The number of imidazole rings is 1. The van der Waals surface area contributed by atoms with Crippen molar-refractivity contribution < 1.29 is 8.78 Å². The quantitative estimate of drug-likeness (QED) is 0.857. The highest BCUT2D eigenvalue weighted by Crippen LogP contribution is 2.23. The molecule has 1 aromatic carbocycles. The second-order valence-electron chi connectivity index (χ2n) is 3.83. The summed E-state index contributed by atoms with van der Waals surface area (Å²) in [6.45, 7) is 1.25. The average molecular weight is 316 g/mol. The number of aryl methyl sites for hydroxylation is 1. The van der Waals surface area contributed by atoms with Gasteiger partial charge in [-0.15, -0.1) is 0 Å². The lowest BCUT2D eigenvalue weighted by Gasteiger charge is -2.09. The van der Waals surface area contributed by atoms with Crippen LogP contribution in [0.2, 0.25) is 0 Å². The highest BCUT2D eigenvalue weighted by molar-refractivity contribution is 9.10. The van der Waals surface area contributed by atoms with Gasteiger partial charge in [0.15, 0.2) is 0 Å². The molecule has 1 heterocycles. The highest BCUT2D eigenvalue weighted by atomic mass is 79.9. The van der Waals surface area contributed by atoms with E-state index in [2.05, 4.69) is 26.2 Å². The van der Waals surface area contributed by atoms with Crippen LogP contribution in [0, 0.1) is 11.6 Å². The van der Waals surface area contributed by atoms with Crippen LogP contribution in [0.1, 0.15) is 6.42 Å². The molecule has 6 heteroatoms. The lowest BCUT2D eigenvalue weighted by atomic mass is 10.3. The lowest BCUT2D eigenvalue weighted by molar-refractivity contribution is 0.583. The predicted octanol–water partition coefficient (Wildman–Crippen LogP) is 3.43. The molecule has 0 aliphatic rings. The van der Waals surface area contributed by atoms with E-state index >= 15 is 0 Å². The third kappa shape index (κ3) is 3.29. The van der Waals surface area contributed by atoms with Crippen molar-refractivity contribution in [1.29, 1.82) is 0 Å². The average Bonchev–Trinajstić information content (AvgIpc) is 2.79. The molecule has 0 amide bonds. The highest BCUT2D eigenvalue weighted by Gasteiger charge is 2.09. The Kier molecular flexibility index (Phi) is 4.30. The van der Waals surface area contributed by atoms with Crippen molar-refractivity contribution in [2.75, 3.05) is 11.9 Å². The van der Waals surface area contributed by atoms with Crippen LogP contribution in [0.15, 0.2) is 35.3 Å². The molecule has 18 heavy (non-hydrogen) atoms. The zero-order valence-corrected chi connectivity index (χ0v) is 11.1. The first-order chi connectivity index (χ1) is 8.66. The van der Waals surface area contributed by atoms with Crippen LogP contribution >= 0.6 is 15.9 Å². The van der Waals surface area contributed by atoms with Crippen LogP contribution in [0.5, 0.6) is 0 Å². The maximum absolute atomic E-state index is 13.5. The second kappa shape index (κ2) is 5.95. The van der Waals surface area contributed by atoms with Crippen molar-refractivity contribution in [2.24, 2.45) is 0 Å². The smallest absolute Gasteiger partial charge is 0.150 e. The van der Waals surface area contributed by atoms with Crippen LogP contribution in [0.3, 0.4) is 0 Å². The molecule has 0 spiro atoms. The normalized spacial score (nSPS) is 10.6. The Balaban J connectivity index is 1.87. The molecule has 0 fully saturated rings. The summed E-state index contributed by atoms with van der Waals surface area (Å²) in [5, 5.41) is 2.77. The minimum Gasteiger partial charge on any atom is -0.380 e. The summed E-state index contributed by atoms with van der Waals surface area (Å²) < 4.78 is 29.2. The van der Waals surface area contributed by atoms with Gasteiger partial charge >= 0.3 is 0 Å². The molecule has 2 aromatic rings. The van der Waals surface area contributed by atoms with Crippen molar-refractivity contribution in [3.8, 4) is 0 Å². The summed E-state index contributed by atoms with van der Waals surface area (Å²) in [7, 11) is 0. The molecule has 0 saturated carbocycles. The summed E-state index contributed by atoms with van der Waals surface area (Å²) in [6, 6.07) is 2.47. The van der Waals surface area contributed by atoms with Crippen LogP contribution in [-0.2, 0) is 6.54 Å². The van der Waals surface area contributed by atoms with Crippen molar-refractivity contribution >= 4 is 21.6 Å². The van der Waals surface area contributed by atoms with Crippen molar-refractivity contribution in [3.05, 3.63) is 47.0 Å². The van der Waals surface area contributed by atoms with Gasteiger partial charge < -0.3 is 9.88 Å². The first kappa shape index (κ1) is 13.0. The molecule has 96 valence electrons. The van der Waals surface area contributed by atoms with Gasteiger partial charge in [-0.2, -0.15) is 0 Å². The third-order valence-electron chi connectivity index (χ3n) is 2.46. The minimum absolute atomic E-state index is 0.0798. The molecule has 2 rings (SSSR count). The Morgan fingerprint density at radius 1 is 1.28 bits per heavy atom. The Labute approximate surface area is 112 Å².